The van der Waals surface area contributed by atoms with Crippen molar-refractivity contribution in [2.45, 2.75) is 91.3 Å². The molecular formula is C20H38O4S. The lowest BCUT2D eigenvalue weighted by Gasteiger charge is -2.45. The molecule has 0 spiro atoms. The number of rotatable bonds is 11. The smallest absolute Gasteiger partial charge is 0.267 e. The minimum atomic E-state index is -3.50. The molecule has 25 heavy (non-hydrogen) atoms. The van der Waals surface area contributed by atoms with Gasteiger partial charge in [0.25, 0.3) is 10.1 Å². The number of unbranched alkanes of at least 4 members (excludes halogenated alkanes) is 5. The summed E-state index contributed by atoms with van der Waals surface area (Å²) in [5, 5.41) is 0. The molecule has 1 fully saturated rings. The van der Waals surface area contributed by atoms with E-state index in [9.17, 15) is 8.42 Å². The quantitative estimate of drug-likeness (QED) is 0.287. The van der Waals surface area contributed by atoms with Gasteiger partial charge in [-0.05, 0) is 38.0 Å². The van der Waals surface area contributed by atoms with Gasteiger partial charge in [-0.1, -0.05) is 58.6 Å². The maximum absolute atomic E-state index is 12.1. The van der Waals surface area contributed by atoms with Crippen LogP contribution in [0.3, 0.4) is 0 Å². The third-order valence-corrected chi connectivity index (χ3v) is 6.56. The highest BCUT2D eigenvalue weighted by Gasteiger charge is 2.46. The Morgan fingerprint density at radius 2 is 1.80 bits per heavy atom. The molecule has 3 atom stereocenters. The summed E-state index contributed by atoms with van der Waals surface area (Å²) in [6.45, 7) is 8.10. The summed E-state index contributed by atoms with van der Waals surface area (Å²) in [4.78, 5) is 0. The van der Waals surface area contributed by atoms with Crippen LogP contribution in [0.25, 0.3) is 0 Å². The number of ether oxygens (including phenoxy) is 1. The van der Waals surface area contributed by atoms with Crippen LogP contribution in [0, 0.1) is 11.3 Å². The molecule has 0 aliphatic heterocycles. The van der Waals surface area contributed by atoms with E-state index < -0.39 is 16.2 Å². The first kappa shape index (κ1) is 22.7. The van der Waals surface area contributed by atoms with Crippen molar-refractivity contribution in [2.24, 2.45) is 11.3 Å². The molecule has 0 bridgehead atoms. The fraction of sp³-hybridized carbons (Fsp3) is 0.900. The molecule has 0 heterocycles. The summed E-state index contributed by atoms with van der Waals surface area (Å²) < 4.78 is 35.4. The average Bonchev–Trinajstić information content (AvgIpc) is 2.55. The highest BCUT2D eigenvalue weighted by Crippen LogP contribution is 2.42. The minimum Gasteiger partial charge on any atom is -0.378 e. The van der Waals surface area contributed by atoms with Crippen LogP contribution in [0.4, 0.5) is 0 Å². The van der Waals surface area contributed by atoms with E-state index in [0.29, 0.717) is 0 Å². The molecule has 0 amide bonds. The lowest BCUT2D eigenvalue weighted by Crippen LogP contribution is -2.50. The Labute approximate surface area is 155 Å². The maximum atomic E-state index is 12.1. The Morgan fingerprint density at radius 3 is 2.40 bits per heavy atom. The molecule has 0 radical (unpaired) electrons. The van der Waals surface area contributed by atoms with Gasteiger partial charge < -0.3 is 4.74 Å². The van der Waals surface area contributed by atoms with Crippen LogP contribution in [0.5, 0.6) is 0 Å². The van der Waals surface area contributed by atoms with Crippen LogP contribution in [0.2, 0.25) is 0 Å². The lowest BCUT2D eigenvalue weighted by molar-refractivity contribution is -0.106. The lowest BCUT2D eigenvalue weighted by atomic mass is 9.69. The zero-order valence-electron chi connectivity index (χ0n) is 16.8. The second-order valence-corrected chi connectivity index (χ2v) is 9.77. The first-order valence-electron chi connectivity index (χ1n) is 9.87. The molecule has 1 saturated carbocycles. The topological polar surface area (TPSA) is 52.6 Å². The van der Waals surface area contributed by atoms with Gasteiger partial charge in [0, 0.05) is 13.0 Å². The molecular weight excluding hydrogens is 336 g/mol. The molecule has 0 aromatic rings. The summed E-state index contributed by atoms with van der Waals surface area (Å²) in [5.74, 6) is 0.0868. The monoisotopic (exact) mass is 374 g/mol. The average molecular weight is 375 g/mol. The first-order chi connectivity index (χ1) is 11.8. The number of hydrogen-bond acceptors (Lipinski definition) is 4. The molecule has 0 aromatic carbocycles. The second-order valence-electron chi connectivity index (χ2n) is 7.89. The molecule has 1 rings (SSSR count). The SMILES string of the molecule is CCCCCCC/C=C/[C@@H]1CCC(C)(C)[C@@H](OC)[C@@H]1OS(=O)(=O)CC. The van der Waals surface area contributed by atoms with E-state index >= 15 is 0 Å². The van der Waals surface area contributed by atoms with Crippen molar-refractivity contribution in [2.75, 3.05) is 12.9 Å². The molecule has 0 unspecified atom stereocenters. The van der Waals surface area contributed by atoms with Crippen LogP contribution in [0.1, 0.15) is 79.1 Å². The van der Waals surface area contributed by atoms with Crippen LogP contribution in [-0.4, -0.2) is 33.5 Å². The van der Waals surface area contributed by atoms with Crippen molar-refractivity contribution in [1.29, 1.82) is 0 Å². The van der Waals surface area contributed by atoms with Crippen LogP contribution >= 0.6 is 0 Å². The number of methoxy groups -OCH3 is 1. The summed E-state index contributed by atoms with van der Waals surface area (Å²) in [6.07, 6.45) is 13.0. The summed E-state index contributed by atoms with van der Waals surface area (Å²) in [6, 6.07) is 0. The van der Waals surface area contributed by atoms with Crippen molar-refractivity contribution in [1.82, 2.24) is 0 Å². The van der Waals surface area contributed by atoms with Crippen LogP contribution < -0.4 is 0 Å². The summed E-state index contributed by atoms with van der Waals surface area (Å²) >= 11 is 0. The Hall–Kier alpha value is -0.390. The second kappa shape index (κ2) is 10.7. The molecule has 0 saturated heterocycles. The van der Waals surface area contributed by atoms with Gasteiger partial charge >= 0.3 is 0 Å². The fourth-order valence-corrected chi connectivity index (χ4v) is 4.39. The highest BCUT2D eigenvalue weighted by atomic mass is 32.2. The van der Waals surface area contributed by atoms with Crippen molar-refractivity contribution in [3.05, 3.63) is 12.2 Å². The zero-order chi connectivity index (χ0) is 18.9. The van der Waals surface area contributed by atoms with Gasteiger partial charge in [-0.3, -0.25) is 4.18 Å². The fourth-order valence-electron chi connectivity index (χ4n) is 3.67. The van der Waals surface area contributed by atoms with Gasteiger partial charge in [-0.15, -0.1) is 0 Å². The van der Waals surface area contributed by atoms with Crippen LogP contribution in [0.15, 0.2) is 12.2 Å². The van der Waals surface area contributed by atoms with Crippen molar-refractivity contribution in [3.63, 3.8) is 0 Å². The minimum absolute atomic E-state index is 0.00573. The van der Waals surface area contributed by atoms with Gasteiger partial charge in [-0.25, -0.2) is 0 Å². The van der Waals surface area contributed by atoms with E-state index in [1.54, 1.807) is 14.0 Å². The van der Waals surface area contributed by atoms with E-state index in [0.717, 1.165) is 19.3 Å². The van der Waals surface area contributed by atoms with E-state index in [1.807, 2.05) is 0 Å². The summed E-state index contributed by atoms with van der Waals surface area (Å²) in [5.41, 5.74) is -0.0901. The Morgan fingerprint density at radius 1 is 1.12 bits per heavy atom. The maximum Gasteiger partial charge on any atom is 0.267 e. The largest absolute Gasteiger partial charge is 0.378 e. The third-order valence-electron chi connectivity index (χ3n) is 5.34. The number of allylic oxidation sites excluding steroid dienone is 1. The van der Waals surface area contributed by atoms with Gasteiger partial charge in [0.05, 0.1) is 11.9 Å². The normalized spacial score (nSPS) is 27.0. The predicted molar refractivity (Wildman–Crippen MR) is 104 cm³/mol. The Bertz CT molecular complexity index is 496. The molecule has 4 nitrogen and oxygen atoms in total. The van der Waals surface area contributed by atoms with E-state index in [-0.39, 0.29) is 23.2 Å². The van der Waals surface area contributed by atoms with Gasteiger partial charge in [0.1, 0.15) is 6.10 Å². The van der Waals surface area contributed by atoms with Gasteiger partial charge in [-0.2, -0.15) is 8.42 Å². The Balaban J connectivity index is 2.74. The molecule has 5 heteroatoms. The summed E-state index contributed by atoms with van der Waals surface area (Å²) in [7, 11) is -1.85. The predicted octanol–water partition coefficient (Wildman–Crippen LogP) is 5.09. The third kappa shape index (κ3) is 7.40. The molecule has 148 valence electrons. The van der Waals surface area contributed by atoms with E-state index in [4.69, 9.17) is 8.92 Å². The molecule has 0 N–H and O–H groups in total. The van der Waals surface area contributed by atoms with Crippen molar-refractivity contribution in [3.8, 4) is 0 Å². The zero-order valence-corrected chi connectivity index (χ0v) is 17.6. The first-order valence-corrected chi connectivity index (χ1v) is 11.5. The van der Waals surface area contributed by atoms with Gasteiger partial charge in [0.2, 0.25) is 0 Å². The van der Waals surface area contributed by atoms with E-state index in [1.165, 1.54) is 32.1 Å². The van der Waals surface area contributed by atoms with Crippen molar-refractivity contribution >= 4 is 10.1 Å². The van der Waals surface area contributed by atoms with Crippen LogP contribution in [-0.2, 0) is 19.0 Å². The van der Waals surface area contributed by atoms with Gasteiger partial charge in [0.15, 0.2) is 0 Å². The van der Waals surface area contributed by atoms with E-state index in [2.05, 4.69) is 32.9 Å². The highest BCUT2D eigenvalue weighted by molar-refractivity contribution is 7.86. The molecule has 1 aliphatic carbocycles. The van der Waals surface area contributed by atoms with Crippen molar-refractivity contribution < 1.29 is 17.3 Å². The molecule has 0 aromatic heterocycles. The Kier molecular flexibility index (Phi) is 9.68. The number of hydrogen-bond donors (Lipinski definition) is 0. The standard InChI is InChI=1S/C20H38O4S/c1-6-8-9-10-11-12-13-14-17-15-16-20(3,4)19(23-5)18(17)24-25(21,22)7-2/h13-14,17-19H,6-12,15-16H2,1-5H3/b14-13+/t17-,18-,19+/m1/s1. The molecule has 1 aliphatic rings.